The van der Waals surface area contributed by atoms with Gasteiger partial charge in [-0.15, -0.1) is 24.8 Å². The minimum Gasteiger partial charge on any atom is -0.493 e. The number of para-hydroxylation sites is 1. The van der Waals surface area contributed by atoms with Gasteiger partial charge in [-0.2, -0.15) is 0 Å². The van der Waals surface area contributed by atoms with Crippen LogP contribution in [0.5, 0.6) is 5.75 Å². The average molecular weight is 551 g/mol. The highest BCUT2D eigenvalue weighted by Crippen LogP contribution is 2.22. The number of aliphatic hydroxyl groups is 1. The van der Waals surface area contributed by atoms with Gasteiger partial charge in [0.15, 0.2) is 0 Å². The third-order valence-corrected chi connectivity index (χ3v) is 7.03. The number of rotatable bonds is 15. The van der Waals surface area contributed by atoms with E-state index in [1.807, 2.05) is 18.2 Å². The zero-order valence-electron chi connectivity index (χ0n) is 22.5. The number of nitrogens with one attached hydrogen (secondary N) is 1. The Morgan fingerprint density at radius 1 is 1.19 bits per heavy atom. The van der Waals surface area contributed by atoms with Crippen molar-refractivity contribution in [1.29, 1.82) is 0 Å². The maximum absolute atomic E-state index is 12.9. The van der Waals surface area contributed by atoms with Crippen LogP contribution in [0.4, 0.5) is 0 Å². The van der Waals surface area contributed by atoms with Crippen LogP contribution in [0, 0.1) is 11.8 Å². The van der Waals surface area contributed by atoms with Crippen molar-refractivity contribution in [2.45, 2.75) is 77.5 Å². The number of hydrogen-bond donors (Lipinski definition) is 3. The minimum atomic E-state index is -0.565. The lowest BCUT2D eigenvalue weighted by atomic mass is 9.87. The van der Waals surface area contributed by atoms with Crippen LogP contribution in [-0.2, 0) is 4.74 Å². The molecule has 4 N–H and O–H groups in total. The molecule has 1 saturated heterocycles. The van der Waals surface area contributed by atoms with E-state index in [1.54, 1.807) is 13.2 Å². The molecule has 36 heavy (non-hydrogen) atoms. The van der Waals surface area contributed by atoms with E-state index in [4.69, 9.17) is 15.2 Å². The molecular formula is C27H49Cl2N3O4. The second-order valence-corrected chi connectivity index (χ2v) is 10.1. The first-order valence-electron chi connectivity index (χ1n) is 13.0. The van der Waals surface area contributed by atoms with E-state index < -0.39 is 6.10 Å². The normalized spacial score (nSPS) is 18.5. The number of carbonyl (C=O) groups is 1. The van der Waals surface area contributed by atoms with E-state index >= 15 is 0 Å². The molecule has 0 aromatic heterocycles. The predicted molar refractivity (Wildman–Crippen MR) is 152 cm³/mol. The summed E-state index contributed by atoms with van der Waals surface area (Å²) in [5.74, 6) is 0.963. The average Bonchev–Trinajstić information content (AvgIpc) is 2.82. The highest BCUT2D eigenvalue weighted by atomic mass is 35.5. The lowest BCUT2D eigenvalue weighted by Gasteiger charge is -2.36. The Labute approximate surface area is 230 Å². The Bertz CT molecular complexity index is 726. The zero-order valence-corrected chi connectivity index (χ0v) is 24.1. The monoisotopic (exact) mass is 549 g/mol. The molecule has 1 amide bonds. The minimum absolute atomic E-state index is 0. The largest absolute Gasteiger partial charge is 0.493 e. The van der Waals surface area contributed by atoms with E-state index in [-0.39, 0.29) is 42.7 Å². The van der Waals surface area contributed by atoms with Crippen molar-refractivity contribution in [2.24, 2.45) is 17.6 Å². The molecule has 1 aliphatic rings. The van der Waals surface area contributed by atoms with Crippen molar-refractivity contribution in [3.63, 3.8) is 0 Å². The molecule has 0 bridgehead atoms. The Balaban J connectivity index is 0.00000612. The van der Waals surface area contributed by atoms with Crippen LogP contribution >= 0.6 is 24.8 Å². The molecule has 0 aliphatic carbocycles. The molecular weight excluding hydrogens is 501 g/mol. The smallest absolute Gasteiger partial charge is 0.255 e. The number of hydrogen-bond acceptors (Lipinski definition) is 6. The maximum atomic E-state index is 12.9. The van der Waals surface area contributed by atoms with E-state index in [0.717, 1.165) is 19.4 Å². The van der Waals surface area contributed by atoms with Gasteiger partial charge in [-0.25, -0.2) is 0 Å². The quantitative estimate of drug-likeness (QED) is 0.282. The molecule has 1 aromatic carbocycles. The van der Waals surface area contributed by atoms with E-state index in [0.29, 0.717) is 56.0 Å². The highest BCUT2D eigenvalue weighted by molar-refractivity contribution is 5.96. The number of aliphatic hydroxyl groups excluding tert-OH is 1. The van der Waals surface area contributed by atoms with Crippen LogP contribution in [0.25, 0.3) is 0 Å². The fraction of sp³-hybridized carbons (Fsp3) is 0.741. The van der Waals surface area contributed by atoms with Crippen LogP contribution in [0.15, 0.2) is 24.3 Å². The molecule has 1 fully saturated rings. The summed E-state index contributed by atoms with van der Waals surface area (Å²) in [6, 6.07) is 7.53. The number of β-amino-alcohol motifs (C(OH)–C–C–N with tert-alkyl or cyclic N) is 1. The van der Waals surface area contributed by atoms with Crippen molar-refractivity contribution in [1.82, 2.24) is 10.2 Å². The summed E-state index contributed by atoms with van der Waals surface area (Å²) in [6.45, 7) is 9.92. The first kappa shape index (κ1) is 34.9. The molecule has 9 heteroatoms. The molecule has 0 radical (unpaired) electrons. The third kappa shape index (κ3) is 12.0. The van der Waals surface area contributed by atoms with Gasteiger partial charge in [0.25, 0.3) is 5.91 Å². The first-order valence-corrected chi connectivity index (χ1v) is 13.0. The Morgan fingerprint density at radius 3 is 2.56 bits per heavy atom. The SMILES string of the molecule is COCCCCOc1ccccc1C(=O)NC[C@@H](C[C@H](N)[C@@H](O)CN1CCCC[C@H]1C)C(C)C.Cl.Cl. The molecule has 0 unspecified atom stereocenters. The molecule has 0 saturated carbocycles. The van der Waals surface area contributed by atoms with E-state index in [1.165, 1.54) is 19.3 Å². The predicted octanol–water partition coefficient (Wildman–Crippen LogP) is 4.29. The molecule has 0 spiro atoms. The van der Waals surface area contributed by atoms with Crippen molar-refractivity contribution < 1.29 is 19.4 Å². The number of nitrogens with zero attached hydrogens (tertiary/aromatic N) is 1. The third-order valence-electron chi connectivity index (χ3n) is 7.03. The molecule has 1 aliphatic heterocycles. The number of benzene rings is 1. The molecule has 1 heterocycles. The summed E-state index contributed by atoms with van der Waals surface area (Å²) < 4.78 is 10.9. The summed E-state index contributed by atoms with van der Waals surface area (Å²) in [7, 11) is 1.69. The number of unbranched alkanes of at least 4 members (excludes halogenated alkanes) is 1. The number of methoxy groups -OCH3 is 1. The molecule has 210 valence electrons. The van der Waals surface area contributed by atoms with Crippen molar-refractivity contribution in [3.05, 3.63) is 29.8 Å². The number of halogens is 2. The van der Waals surface area contributed by atoms with Gasteiger partial charge in [-0.1, -0.05) is 32.4 Å². The maximum Gasteiger partial charge on any atom is 0.255 e. The Hall–Kier alpha value is -1.09. The van der Waals surface area contributed by atoms with Gasteiger partial charge >= 0.3 is 0 Å². The van der Waals surface area contributed by atoms with Crippen LogP contribution in [0.2, 0.25) is 0 Å². The van der Waals surface area contributed by atoms with Crippen molar-refractivity contribution in [3.8, 4) is 5.75 Å². The fourth-order valence-corrected chi connectivity index (χ4v) is 4.53. The first-order chi connectivity index (χ1) is 16.3. The van der Waals surface area contributed by atoms with Gasteiger partial charge in [0, 0.05) is 38.9 Å². The zero-order chi connectivity index (χ0) is 24.9. The van der Waals surface area contributed by atoms with Gasteiger partial charge in [-0.3, -0.25) is 9.69 Å². The molecule has 1 aromatic rings. The van der Waals surface area contributed by atoms with E-state index in [9.17, 15) is 9.90 Å². The number of nitrogens with two attached hydrogens (primary N) is 1. The van der Waals surface area contributed by atoms with E-state index in [2.05, 4.69) is 31.0 Å². The number of ether oxygens (including phenoxy) is 2. The van der Waals surface area contributed by atoms with Crippen LogP contribution in [0.3, 0.4) is 0 Å². The summed E-state index contributed by atoms with van der Waals surface area (Å²) in [5.41, 5.74) is 6.97. The Kier molecular flexibility index (Phi) is 18.5. The van der Waals surface area contributed by atoms with Crippen LogP contribution in [-0.4, -0.2) is 74.1 Å². The summed E-state index contributed by atoms with van der Waals surface area (Å²) >= 11 is 0. The molecule has 7 nitrogen and oxygen atoms in total. The summed E-state index contributed by atoms with van der Waals surface area (Å²) in [6.07, 6.45) is 5.52. The van der Waals surface area contributed by atoms with Crippen LogP contribution in [0.1, 0.15) is 69.7 Å². The van der Waals surface area contributed by atoms with Gasteiger partial charge in [0.2, 0.25) is 0 Å². The summed E-state index contributed by atoms with van der Waals surface area (Å²) in [4.78, 5) is 15.3. The van der Waals surface area contributed by atoms with Crippen LogP contribution < -0.4 is 15.8 Å². The van der Waals surface area contributed by atoms with Crippen molar-refractivity contribution >= 4 is 30.7 Å². The van der Waals surface area contributed by atoms with Gasteiger partial charge in [0.1, 0.15) is 5.75 Å². The standard InChI is InChI=1S/C27H47N3O4.2ClH/c1-20(2)22(17-24(28)25(31)19-30-14-8-7-11-21(30)3)18-29-27(32)23-12-5-6-13-26(23)34-16-10-9-15-33-4;;/h5-6,12-13,20-22,24-25,31H,7-11,14-19,28H2,1-4H3,(H,29,32);2*1H/t21-,22-,24+,25+;;/m1../s1. The second kappa shape index (κ2) is 19.0. The molecule has 4 atom stereocenters. The topological polar surface area (TPSA) is 97.0 Å². The lowest BCUT2D eigenvalue weighted by Crippen LogP contribution is -2.49. The number of carbonyl (C=O) groups excluding carboxylic acids is 1. The summed E-state index contributed by atoms with van der Waals surface area (Å²) in [5, 5.41) is 13.8. The molecule has 2 rings (SSSR count). The van der Waals surface area contributed by atoms with Crippen molar-refractivity contribution in [2.75, 3.05) is 40.0 Å². The van der Waals surface area contributed by atoms with Gasteiger partial charge in [0.05, 0.1) is 18.3 Å². The number of likely N-dealkylation sites (tertiary alicyclic amines) is 1. The fourth-order valence-electron chi connectivity index (χ4n) is 4.53. The lowest BCUT2D eigenvalue weighted by molar-refractivity contribution is 0.0514. The number of piperidine rings is 1. The van der Waals surface area contributed by atoms with Gasteiger partial charge < -0.3 is 25.6 Å². The number of amides is 1. The highest BCUT2D eigenvalue weighted by Gasteiger charge is 2.27. The Morgan fingerprint density at radius 2 is 1.89 bits per heavy atom. The van der Waals surface area contributed by atoms with Gasteiger partial charge in [-0.05, 0) is 69.5 Å². The second-order valence-electron chi connectivity index (χ2n) is 10.1.